The van der Waals surface area contributed by atoms with Crippen molar-refractivity contribution in [2.75, 3.05) is 31.7 Å². The van der Waals surface area contributed by atoms with Gasteiger partial charge in [-0.3, -0.25) is 0 Å². The number of aromatic nitrogens is 3. The van der Waals surface area contributed by atoms with E-state index >= 15 is 0 Å². The van der Waals surface area contributed by atoms with Crippen LogP contribution in [-0.4, -0.2) is 53.1 Å². The molecule has 41 heavy (non-hydrogen) atoms. The van der Waals surface area contributed by atoms with Gasteiger partial charge in [0.1, 0.15) is 29.5 Å². The number of rotatable bonds is 11. The van der Waals surface area contributed by atoms with Crippen LogP contribution in [0.2, 0.25) is 5.02 Å². The molecule has 3 aromatic carbocycles. The normalized spacial score (nSPS) is 13.2. The lowest BCUT2D eigenvalue weighted by molar-refractivity contribution is 0.323. The van der Waals surface area contributed by atoms with Crippen LogP contribution in [0.15, 0.2) is 82.9 Å². The zero-order chi connectivity index (χ0) is 28.8. The van der Waals surface area contributed by atoms with E-state index in [4.69, 9.17) is 36.2 Å². The SMILES string of the molecule is COc1ccc(OCCN(CCC#N)c2ccc(N=C3C(c4ccccc4Cl)=Nn4nc(C(C)C)nc43)cc2)cc1. The standard InChI is InChI=1S/C31H30ClN7O2/c1-21(2)30-35-31-29(28(36-39(31)37-30)26-7-4-5-8-27(26)32)34-22-9-11-23(12-10-22)38(18-6-17-33)19-20-41-25-15-13-24(40-3)14-16-25/h4-5,7-16,21H,6,18-20H2,1-3H3. The zero-order valence-corrected chi connectivity index (χ0v) is 23.9. The van der Waals surface area contributed by atoms with E-state index in [9.17, 15) is 5.26 Å². The molecule has 1 aromatic heterocycles. The van der Waals surface area contributed by atoms with Gasteiger partial charge in [-0.1, -0.05) is 43.6 Å². The molecule has 0 radical (unpaired) electrons. The second kappa shape index (κ2) is 12.7. The first-order valence-electron chi connectivity index (χ1n) is 13.4. The van der Waals surface area contributed by atoms with Crippen molar-refractivity contribution in [2.24, 2.45) is 10.1 Å². The molecular weight excluding hydrogens is 538 g/mol. The van der Waals surface area contributed by atoms with Gasteiger partial charge in [-0.05, 0) is 54.6 Å². The molecule has 0 saturated heterocycles. The van der Waals surface area contributed by atoms with Crippen LogP contribution in [0.1, 0.15) is 43.4 Å². The number of anilines is 1. The molecule has 2 heterocycles. The van der Waals surface area contributed by atoms with Crippen LogP contribution < -0.4 is 14.4 Å². The monoisotopic (exact) mass is 567 g/mol. The second-order valence-electron chi connectivity index (χ2n) is 9.66. The van der Waals surface area contributed by atoms with Crippen LogP contribution in [-0.2, 0) is 0 Å². The Balaban J connectivity index is 1.37. The van der Waals surface area contributed by atoms with Gasteiger partial charge in [0.25, 0.3) is 0 Å². The molecule has 10 heteroatoms. The lowest BCUT2D eigenvalue weighted by Crippen LogP contribution is -2.29. The lowest BCUT2D eigenvalue weighted by atomic mass is 10.1. The fourth-order valence-electron chi connectivity index (χ4n) is 4.34. The van der Waals surface area contributed by atoms with Crippen molar-refractivity contribution in [3.05, 3.63) is 95.0 Å². The topological polar surface area (TPSA) is 101 Å². The number of fused-ring (bicyclic) bond motifs is 1. The quantitative estimate of drug-likeness (QED) is 0.212. The third-order valence-corrected chi connectivity index (χ3v) is 6.85. The highest BCUT2D eigenvalue weighted by molar-refractivity contribution is 6.56. The van der Waals surface area contributed by atoms with Gasteiger partial charge in [0.15, 0.2) is 5.82 Å². The fraction of sp³-hybridized carbons (Fsp3) is 0.258. The van der Waals surface area contributed by atoms with Crippen molar-refractivity contribution in [1.82, 2.24) is 14.9 Å². The first kappa shape index (κ1) is 27.9. The Morgan fingerprint density at radius 2 is 1.73 bits per heavy atom. The summed E-state index contributed by atoms with van der Waals surface area (Å²) in [7, 11) is 1.63. The van der Waals surface area contributed by atoms with Gasteiger partial charge >= 0.3 is 0 Å². The summed E-state index contributed by atoms with van der Waals surface area (Å²) in [5.41, 5.74) is 3.71. The molecule has 0 unspecified atom stereocenters. The van der Waals surface area contributed by atoms with Crippen LogP contribution in [0.5, 0.6) is 11.5 Å². The Morgan fingerprint density at radius 3 is 2.41 bits per heavy atom. The number of aliphatic imine (C=N–C) groups is 1. The van der Waals surface area contributed by atoms with Crippen LogP contribution in [0.3, 0.4) is 0 Å². The van der Waals surface area contributed by atoms with Crippen molar-refractivity contribution >= 4 is 34.4 Å². The first-order valence-corrected chi connectivity index (χ1v) is 13.7. The number of nitriles is 1. The highest BCUT2D eigenvalue weighted by Gasteiger charge is 2.30. The molecule has 5 rings (SSSR count). The van der Waals surface area contributed by atoms with Gasteiger partial charge in [0.05, 0.1) is 36.9 Å². The highest BCUT2D eigenvalue weighted by Crippen LogP contribution is 2.27. The Morgan fingerprint density at radius 1 is 1.00 bits per heavy atom. The smallest absolute Gasteiger partial charge is 0.204 e. The van der Waals surface area contributed by atoms with Gasteiger partial charge < -0.3 is 14.4 Å². The molecule has 9 nitrogen and oxygen atoms in total. The maximum atomic E-state index is 9.20. The fourth-order valence-corrected chi connectivity index (χ4v) is 4.56. The number of hydrogen-bond donors (Lipinski definition) is 0. The van der Waals surface area contributed by atoms with Crippen LogP contribution >= 0.6 is 11.6 Å². The predicted octanol–water partition coefficient (Wildman–Crippen LogP) is 6.25. The van der Waals surface area contributed by atoms with E-state index in [0.717, 1.165) is 28.4 Å². The largest absolute Gasteiger partial charge is 0.497 e. The molecule has 0 aliphatic carbocycles. The number of ether oxygens (including phenoxy) is 2. The average molecular weight is 568 g/mol. The van der Waals surface area contributed by atoms with E-state index < -0.39 is 0 Å². The average Bonchev–Trinajstić information content (AvgIpc) is 3.55. The number of benzene rings is 3. The van der Waals surface area contributed by atoms with Crippen LogP contribution in [0.25, 0.3) is 0 Å². The van der Waals surface area contributed by atoms with Crippen molar-refractivity contribution in [3.8, 4) is 17.6 Å². The molecule has 1 aliphatic heterocycles. The zero-order valence-electron chi connectivity index (χ0n) is 23.2. The van der Waals surface area contributed by atoms with Gasteiger partial charge in [0.2, 0.25) is 5.82 Å². The number of halogens is 1. The van der Waals surface area contributed by atoms with E-state index in [1.54, 1.807) is 7.11 Å². The summed E-state index contributed by atoms with van der Waals surface area (Å²) in [6.45, 7) is 5.75. The Labute approximate surface area is 244 Å². The summed E-state index contributed by atoms with van der Waals surface area (Å²) in [5.74, 6) is 2.98. The molecule has 0 amide bonds. The number of hydrogen-bond acceptors (Lipinski definition) is 8. The molecule has 0 saturated carbocycles. The Kier molecular flexibility index (Phi) is 8.61. The van der Waals surface area contributed by atoms with Gasteiger partial charge in [0, 0.05) is 23.7 Å². The van der Waals surface area contributed by atoms with E-state index in [2.05, 4.69) is 16.1 Å². The minimum atomic E-state index is 0.153. The molecule has 0 atom stereocenters. The third kappa shape index (κ3) is 6.39. The molecule has 0 bridgehead atoms. The summed E-state index contributed by atoms with van der Waals surface area (Å²) in [6.07, 6.45) is 0.401. The Bertz CT molecular complexity index is 1600. The summed E-state index contributed by atoms with van der Waals surface area (Å²) >= 11 is 6.53. The van der Waals surface area contributed by atoms with Gasteiger partial charge in [-0.2, -0.15) is 5.26 Å². The summed E-state index contributed by atoms with van der Waals surface area (Å²) < 4.78 is 11.1. The highest BCUT2D eigenvalue weighted by atomic mass is 35.5. The summed E-state index contributed by atoms with van der Waals surface area (Å²) in [4.78, 5) is 13.3. The van der Waals surface area contributed by atoms with E-state index in [-0.39, 0.29) is 5.92 Å². The number of methoxy groups -OCH3 is 1. The molecule has 4 aromatic rings. The van der Waals surface area contributed by atoms with Crippen molar-refractivity contribution < 1.29 is 9.47 Å². The molecule has 0 spiro atoms. The molecule has 0 fully saturated rings. The van der Waals surface area contributed by atoms with Crippen molar-refractivity contribution in [2.45, 2.75) is 26.2 Å². The van der Waals surface area contributed by atoms with E-state index in [1.165, 1.54) is 4.79 Å². The maximum Gasteiger partial charge on any atom is 0.204 e. The predicted molar refractivity (Wildman–Crippen MR) is 161 cm³/mol. The molecule has 208 valence electrons. The molecule has 0 N–H and O–H groups in total. The van der Waals surface area contributed by atoms with Crippen LogP contribution in [0, 0.1) is 11.3 Å². The van der Waals surface area contributed by atoms with Gasteiger partial charge in [-0.15, -0.1) is 15.0 Å². The lowest BCUT2D eigenvalue weighted by Gasteiger charge is -2.24. The maximum absolute atomic E-state index is 9.20. The number of nitrogens with zero attached hydrogens (tertiary/aromatic N) is 7. The van der Waals surface area contributed by atoms with Crippen molar-refractivity contribution in [3.63, 3.8) is 0 Å². The third-order valence-electron chi connectivity index (χ3n) is 6.52. The summed E-state index contributed by atoms with van der Waals surface area (Å²) in [6, 6.07) is 25.1. The van der Waals surface area contributed by atoms with E-state index in [1.807, 2.05) is 86.6 Å². The van der Waals surface area contributed by atoms with Gasteiger partial charge in [-0.25, -0.2) is 9.98 Å². The minimum absolute atomic E-state index is 0.153. The molecule has 1 aliphatic rings. The Hall–Kier alpha value is -4.68. The second-order valence-corrected chi connectivity index (χ2v) is 10.1. The van der Waals surface area contributed by atoms with E-state index in [0.29, 0.717) is 54.2 Å². The summed E-state index contributed by atoms with van der Waals surface area (Å²) in [5, 5.41) is 19.0. The minimum Gasteiger partial charge on any atom is -0.497 e. The van der Waals surface area contributed by atoms with Crippen molar-refractivity contribution in [1.29, 1.82) is 5.26 Å². The van der Waals surface area contributed by atoms with Crippen LogP contribution in [0.4, 0.5) is 11.4 Å². The molecular formula is C31H30ClN7O2. The first-order chi connectivity index (χ1) is 20.0.